The molecule has 1 aliphatic heterocycles. The maximum absolute atomic E-state index is 12.2. The van der Waals surface area contributed by atoms with Crippen molar-refractivity contribution in [3.8, 4) is 0 Å². The van der Waals surface area contributed by atoms with Gasteiger partial charge in [-0.25, -0.2) is 14.4 Å². The van der Waals surface area contributed by atoms with Crippen molar-refractivity contribution in [1.29, 1.82) is 0 Å². The molecule has 0 aliphatic carbocycles. The summed E-state index contributed by atoms with van der Waals surface area (Å²) in [5.41, 5.74) is -2.62. The first kappa shape index (κ1) is 18.8. The highest BCUT2D eigenvalue weighted by Crippen LogP contribution is 2.40. The molecule has 0 bridgehead atoms. The average Bonchev–Trinajstić information content (AvgIpc) is 2.94. The summed E-state index contributed by atoms with van der Waals surface area (Å²) in [6.45, 7) is 0. The molecule has 23 heavy (non-hydrogen) atoms. The van der Waals surface area contributed by atoms with Crippen molar-refractivity contribution in [2.75, 3.05) is 35.5 Å². The van der Waals surface area contributed by atoms with Gasteiger partial charge in [0.1, 0.15) is 5.92 Å². The number of hydroxylamine groups is 2. The van der Waals surface area contributed by atoms with Crippen LogP contribution < -0.4 is 0 Å². The van der Waals surface area contributed by atoms with Crippen molar-refractivity contribution < 1.29 is 47.8 Å². The lowest BCUT2D eigenvalue weighted by atomic mass is 9.83. The Bertz CT molecular complexity index is 488. The summed E-state index contributed by atoms with van der Waals surface area (Å²) >= 11 is 0. The second-order valence-electron chi connectivity index (χ2n) is 4.25. The molecule has 11 heteroatoms. The van der Waals surface area contributed by atoms with Crippen molar-refractivity contribution in [1.82, 2.24) is 5.23 Å². The molecule has 0 aromatic heterocycles. The van der Waals surface area contributed by atoms with Crippen LogP contribution in [0.4, 0.5) is 0 Å². The third kappa shape index (κ3) is 2.85. The number of esters is 4. The van der Waals surface area contributed by atoms with Crippen molar-refractivity contribution in [2.24, 2.45) is 5.92 Å². The van der Waals surface area contributed by atoms with Gasteiger partial charge in [0.25, 0.3) is 5.60 Å². The van der Waals surface area contributed by atoms with Gasteiger partial charge in [-0.05, 0) is 5.23 Å². The maximum Gasteiger partial charge on any atom is 0.353 e. The Morgan fingerprint density at radius 3 is 1.65 bits per heavy atom. The second kappa shape index (κ2) is 7.35. The van der Waals surface area contributed by atoms with E-state index < -0.39 is 41.4 Å². The van der Waals surface area contributed by atoms with Crippen LogP contribution in [-0.2, 0) is 47.8 Å². The van der Waals surface area contributed by atoms with Gasteiger partial charge < -0.3 is 18.9 Å². The number of ether oxygens (including phenoxy) is 4. The van der Waals surface area contributed by atoms with E-state index in [-0.39, 0.29) is 0 Å². The molecule has 0 amide bonds. The Kier molecular flexibility index (Phi) is 6.01. The summed E-state index contributed by atoms with van der Waals surface area (Å²) < 4.78 is 18.2. The fraction of sp³-hybridized carbons (Fsp3) is 0.667. The topological polar surface area (TPSA) is 127 Å². The summed E-state index contributed by atoms with van der Waals surface area (Å²) in [6.07, 6.45) is 0. The third-order valence-corrected chi connectivity index (χ3v) is 3.27. The van der Waals surface area contributed by atoms with Crippen LogP contribution in [-0.4, -0.2) is 76.3 Å². The Morgan fingerprint density at radius 1 is 0.826 bits per heavy atom. The number of carbonyl (C=O) groups is 4. The van der Waals surface area contributed by atoms with Crippen LogP contribution in [0.2, 0.25) is 0 Å². The first-order chi connectivity index (χ1) is 10.8. The first-order valence-electron chi connectivity index (χ1n) is 6.20. The average molecular weight is 335 g/mol. The van der Waals surface area contributed by atoms with Crippen molar-refractivity contribution in [2.45, 2.75) is 11.6 Å². The standard InChI is InChI=1S/C12H17NO10/c1-18-8(14)6-7(9(15)19-2)13(22-5)23-12(6,10(16)20-3)11(17)21-4/h6-7H,1-5H3/t6-,7-/m1/s1. The van der Waals surface area contributed by atoms with Crippen LogP contribution in [0.5, 0.6) is 0 Å². The largest absolute Gasteiger partial charge is 0.469 e. The van der Waals surface area contributed by atoms with Crippen molar-refractivity contribution in [3.63, 3.8) is 0 Å². The normalized spacial score (nSPS) is 23.0. The van der Waals surface area contributed by atoms with Gasteiger partial charge in [0.05, 0.1) is 35.5 Å². The third-order valence-electron chi connectivity index (χ3n) is 3.27. The molecular formula is C12H17NO10. The lowest BCUT2D eigenvalue weighted by Gasteiger charge is -2.25. The van der Waals surface area contributed by atoms with E-state index in [1.807, 2.05) is 0 Å². The van der Waals surface area contributed by atoms with Gasteiger partial charge in [-0.1, -0.05) is 0 Å². The highest BCUT2D eigenvalue weighted by Gasteiger charge is 2.72. The summed E-state index contributed by atoms with van der Waals surface area (Å²) in [5, 5.41) is 0.487. The molecule has 0 N–H and O–H groups in total. The highest BCUT2D eigenvalue weighted by molar-refractivity contribution is 6.09. The molecule has 2 atom stereocenters. The monoisotopic (exact) mass is 335 g/mol. The predicted molar refractivity (Wildman–Crippen MR) is 68.0 cm³/mol. The van der Waals surface area contributed by atoms with E-state index in [4.69, 9.17) is 9.68 Å². The second-order valence-corrected chi connectivity index (χ2v) is 4.25. The molecule has 0 spiro atoms. The summed E-state index contributed by atoms with van der Waals surface area (Å²) in [7, 11) is 5.07. The van der Waals surface area contributed by atoms with Crippen LogP contribution in [0, 0.1) is 5.92 Å². The predicted octanol–water partition coefficient (Wildman–Crippen LogP) is -1.79. The molecule has 0 unspecified atom stereocenters. The Hall–Kier alpha value is -2.24. The minimum absolute atomic E-state index is 0.487. The van der Waals surface area contributed by atoms with Crippen molar-refractivity contribution >= 4 is 23.9 Å². The minimum Gasteiger partial charge on any atom is -0.469 e. The number of methoxy groups -OCH3 is 4. The van der Waals surface area contributed by atoms with Gasteiger partial charge in [-0.3, -0.25) is 14.4 Å². The minimum atomic E-state index is -2.62. The number of rotatable bonds is 5. The van der Waals surface area contributed by atoms with E-state index in [1.165, 1.54) is 0 Å². The zero-order chi connectivity index (χ0) is 17.8. The molecule has 0 radical (unpaired) electrons. The number of hydrogen-bond donors (Lipinski definition) is 0. The molecule has 0 aromatic carbocycles. The molecule has 1 heterocycles. The lowest BCUT2D eigenvalue weighted by molar-refractivity contribution is -0.365. The van der Waals surface area contributed by atoms with Crippen LogP contribution in [0.25, 0.3) is 0 Å². The van der Waals surface area contributed by atoms with Crippen LogP contribution in [0.1, 0.15) is 0 Å². The van der Waals surface area contributed by atoms with E-state index in [0.717, 1.165) is 35.5 Å². The van der Waals surface area contributed by atoms with Crippen LogP contribution >= 0.6 is 0 Å². The van der Waals surface area contributed by atoms with Gasteiger partial charge in [0.15, 0.2) is 6.04 Å². The zero-order valence-electron chi connectivity index (χ0n) is 13.2. The number of nitrogens with zero attached hydrogens (tertiary/aromatic N) is 1. The highest BCUT2D eigenvalue weighted by atomic mass is 17.0. The quantitative estimate of drug-likeness (QED) is 0.321. The van der Waals surface area contributed by atoms with E-state index in [1.54, 1.807) is 0 Å². The molecule has 130 valence electrons. The summed E-state index contributed by atoms with van der Waals surface area (Å²) in [6, 6.07) is -1.60. The summed E-state index contributed by atoms with van der Waals surface area (Å²) in [5.74, 6) is -6.42. The number of hydrogen-bond acceptors (Lipinski definition) is 11. The first-order valence-corrected chi connectivity index (χ1v) is 6.20. The molecule has 0 aromatic rings. The van der Waals surface area contributed by atoms with Crippen molar-refractivity contribution in [3.05, 3.63) is 0 Å². The zero-order valence-corrected chi connectivity index (χ0v) is 13.2. The van der Waals surface area contributed by atoms with Gasteiger partial charge in [-0.2, -0.15) is 0 Å². The van der Waals surface area contributed by atoms with E-state index >= 15 is 0 Å². The SMILES string of the molecule is COC(=O)[C@H]1[C@H](C(=O)OC)C(C(=O)OC)(C(=O)OC)ON1OC. The molecule has 1 saturated heterocycles. The maximum atomic E-state index is 12.2. The van der Waals surface area contributed by atoms with E-state index in [9.17, 15) is 19.2 Å². The van der Waals surface area contributed by atoms with Crippen LogP contribution in [0.3, 0.4) is 0 Å². The smallest absolute Gasteiger partial charge is 0.353 e. The van der Waals surface area contributed by atoms with Gasteiger partial charge >= 0.3 is 23.9 Å². The van der Waals surface area contributed by atoms with Gasteiger partial charge in [0, 0.05) is 0 Å². The van der Waals surface area contributed by atoms with Crippen LogP contribution in [0.15, 0.2) is 0 Å². The molecule has 1 aliphatic rings. The molecule has 1 fully saturated rings. The Morgan fingerprint density at radius 2 is 1.30 bits per heavy atom. The fourth-order valence-corrected chi connectivity index (χ4v) is 2.23. The van der Waals surface area contributed by atoms with Gasteiger partial charge in [-0.15, -0.1) is 0 Å². The lowest BCUT2D eigenvalue weighted by Crippen LogP contribution is -2.57. The van der Waals surface area contributed by atoms with E-state index in [2.05, 4.69) is 18.9 Å². The summed E-state index contributed by atoms with van der Waals surface area (Å²) in [4.78, 5) is 58.5. The molecular weight excluding hydrogens is 318 g/mol. The molecule has 0 saturated carbocycles. The Balaban J connectivity index is 3.58. The molecule has 1 rings (SSSR count). The molecule has 11 nitrogen and oxygen atoms in total. The van der Waals surface area contributed by atoms with E-state index in [0.29, 0.717) is 5.23 Å². The fourth-order valence-electron chi connectivity index (χ4n) is 2.23. The van der Waals surface area contributed by atoms with Gasteiger partial charge in [0.2, 0.25) is 0 Å². The Labute approximate surface area is 131 Å². The number of carbonyl (C=O) groups excluding carboxylic acids is 4.